The number of benzene rings is 1. The van der Waals surface area contributed by atoms with Crippen LogP contribution < -0.4 is 14.8 Å². The van der Waals surface area contributed by atoms with Gasteiger partial charge in [0.1, 0.15) is 11.5 Å². The first-order valence-electron chi connectivity index (χ1n) is 6.30. The smallest absolute Gasteiger partial charge is 0.123 e. The summed E-state index contributed by atoms with van der Waals surface area (Å²) in [6, 6.07) is 8.14. The van der Waals surface area contributed by atoms with E-state index in [9.17, 15) is 0 Å². The van der Waals surface area contributed by atoms with E-state index in [1.807, 2.05) is 25.2 Å². The van der Waals surface area contributed by atoms with Gasteiger partial charge in [-0.25, -0.2) is 0 Å². The molecule has 0 spiro atoms. The van der Waals surface area contributed by atoms with Crippen LogP contribution in [0, 0.1) is 0 Å². The second-order valence-corrected chi connectivity index (χ2v) is 6.20. The fourth-order valence-electron chi connectivity index (χ4n) is 2.14. The quantitative estimate of drug-likeness (QED) is 0.848. The third-order valence-corrected chi connectivity index (χ3v) is 5.19. The molecule has 0 amide bonds. The third-order valence-electron chi connectivity index (χ3n) is 3.24. The van der Waals surface area contributed by atoms with Crippen molar-refractivity contribution in [3.8, 4) is 11.5 Å². The maximum absolute atomic E-state index is 5.47. The lowest BCUT2D eigenvalue weighted by atomic mass is 10.0. The van der Waals surface area contributed by atoms with Gasteiger partial charge in [-0.1, -0.05) is 0 Å². The molecule has 2 aromatic rings. The predicted octanol–water partition coefficient (Wildman–Crippen LogP) is 4.03. The highest BCUT2D eigenvalue weighted by molar-refractivity contribution is 9.10. The largest absolute Gasteiger partial charge is 0.497 e. The van der Waals surface area contributed by atoms with E-state index in [0.29, 0.717) is 0 Å². The zero-order chi connectivity index (χ0) is 14.5. The molecule has 0 aliphatic heterocycles. The van der Waals surface area contributed by atoms with Crippen LogP contribution in [0.1, 0.15) is 16.5 Å². The predicted molar refractivity (Wildman–Crippen MR) is 87.1 cm³/mol. The first-order valence-corrected chi connectivity index (χ1v) is 7.98. The van der Waals surface area contributed by atoms with Crippen molar-refractivity contribution in [3.63, 3.8) is 0 Å². The Hall–Kier alpha value is -1.04. The monoisotopic (exact) mass is 355 g/mol. The maximum atomic E-state index is 5.47. The second-order valence-electron chi connectivity index (χ2n) is 4.34. The Balaban J connectivity index is 2.33. The number of hydrogen-bond donors (Lipinski definition) is 1. The summed E-state index contributed by atoms with van der Waals surface area (Å²) in [7, 11) is 5.33. The molecule has 0 fully saturated rings. The summed E-state index contributed by atoms with van der Waals surface area (Å²) >= 11 is 5.34. The van der Waals surface area contributed by atoms with Gasteiger partial charge in [-0.3, -0.25) is 0 Å². The van der Waals surface area contributed by atoms with Gasteiger partial charge in [0.2, 0.25) is 0 Å². The van der Waals surface area contributed by atoms with Gasteiger partial charge in [-0.2, -0.15) is 0 Å². The molecule has 1 unspecified atom stereocenters. The summed E-state index contributed by atoms with van der Waals surface area (Å²) in [5.74, 6) is 1.71. The lowest BCUT2D eigenvalue weighted by Gasteiger charge is -2.20. The van der Waals surface area contributed by atoms with Gasteiger partial charge in [0.05, 0.1) is 14.2 Å². The molecule has 1 N–H and O–H groups in total. The van der Waals surface area contributed by atoms with Crippen molar-refractivity contribution in [2.24, 2.45) is 0 Å². The van der Waals surface area contributed by atoms with Crippen LogP contribution >= 0.6 is 27.3 Å². The van der Waals surface area contributed by atoms with Crippen LogP contribution in [0.3, 0.4) is 0 Å². The molecular formula is C15H18BrNO2S. The molecule has 0 aliphatic carbocycles. The molecule has 1 aromatic carbocycles. The summed E-state index contributed by atoms with van der Waals surface area (Å²) in [5.41, 5.74) is 1.11. The lowest BCUT2D eigenvalue weighted by molar-refractivity contribution is 0.391. The van der Waals surface area contributed by atoms with Crippen molar-refractivity contribution < 1.29 is 9.47 Å². The minimum absolute atomic E-state index is 0.176. The molecule has 0 saturated carbocycles. The molecule has 3 nitrogen and oxygen atoms in total. The Morgan fingerprint density at radius 1 is 1.25 bits per heavy atom. The molecule has 1 atom stereocenters. The average Bonchev–Trinajstić information content (AvgIpc) is 2.89. The van der Waals surface area contributed by atoms with Crippen molar-refractivity contribution in [1.29, 1.82) is 0 Å². The van der Waals surface area contributed by atoms with Crippen molar-refractivity contribution in [2.45, 2.75) is 12.5 Å². The fourth-order valence-corrected chi connectivity index (χ4v) is 3.70. The number of nitrogens with one attached hydrogen (secondary N) is 1. The second kappa shape index (κ2) is 7.11. The van der Waals surface area contributed by atoms with Crippen LogP contribution in [0.25, 0.3) is 0 Å². The van der Waals surface area contributed by atoms with E-state index in [0.717, 1.165) is 28.0 Å². The molecule has 5 heteroatoms. The van der Waals surface area contributed by atoms with Crippen LogP contribution in [0.4, 0.5) is 0 Å². The van der Waals surface area contributed by atoms with E-state index in [1.165, 1.54) is 4.88 Å². The number of likely N-dealkylation sites (N-methyl/N-ethyl adjacent to an activating group) is 1. The molecule has 0 aliphatic rings. The molecule has 108 valence electrons. The van der Waals surface area contributed by atoms with Crippen molar-refractivity contribution in [2.75, 3.05) is 21.3 Å². The maximum Gasteiger partial charge on any atom is 0.123 e. The topological polar surface area (TPSA) is 30.5 Å². The molecule has 0 radical (unpaired) electrons. The van der Waals surface area contributed by atoms with Crippen LogP contribution in [-0.4, -0.2) is 21.3 Å². The molecule has 1 aromatic heterocycles. The van der Waals surface area contributed by atoms with Crippen molar-refractivity contribution >= 4 is 27.3 Å². The standard InChI is InChI=1S/C15H18BrNO2S/c1-17-13(9-15-12(16)6-7-20-15)11-8-10(18-2)4-5-14(11)19-3/h4-8,13,17H,9H2,1-3H3. The Morgan fingerprint density at radius 3 is 2.60 bits per heavy atom. The number of ether oxygens (including phenoxy) is 2. The number of hydrogen-bond acceptors (Lipinski definition) is 4. The van der Waals surface area contributed by atoms with E-state index in [1.54, 1.807) is 25.6 Å². The first kappa shape index (κ1) is 15.4. The summed E-state index contributed by atoms with van der Waals surface area (Å²) in [5, 5.41) is 5.45. The van der Waals surface area contributed by atoms with Gasteiger partial charge in [-0.05, 0) is 52.6 Å². The van der Waals surface area contributed by atoms with Gasteiger partial charge in [0, 0.05) is 27.4 Å². The Kier molecular flexibility index (Phi) is 5.46. The van der Waals surface area contributed by atoms with Gasteiger partial charge >= 0.3 is 0 Å². The number of thiophene rings is 1. The SMILES string of the molecule is CNC(Cc1sccc1Br)c1cc(OC)ccc1OC. The van der Waals surface area contributed by atoms with Gasteiger partial charge in [0.15, 0.2) is 0 Å². The molecule has 2 rings (SSSR count). The van der Waals surface area contributed by atoms with Crippen LogP contribution in [0.15, 0.2) is 34.1 Å². The molecule has 1 heterocycles. The Labute approximate surface area is 132 Å². The van der Waals surface area contributed by atoms with Gasteiger partial charge < -0.3 is 14.8 Å². The lowest BCUT2D eigenvalue weighted by Crippen LogP contribution is -2.19. The number of halogens is 1. The van der Waals surface area contributed by atoms with E-state index in [4.69, 9.17) is 9.47 Å². The molecule has 0 bridgehead atoms. The Bertz CT molecular complexity index is 571. The van der Waals surface area contributed by atoms with Gasteiger partial charge in [0.25, 0.3) is 0 Å². The molecule has 20 heavy (non-hydrogen) atoms. The first-order chi connectivity index (χ1) is 9.69. The summed E-state index contributed by atoms with van der Waals surface area (Å²) in [6.45, 7) is 0. The number of methoxy groups -OCH3 is 2. The summed E-state index contributed by atoms with van der Waals surface area (Å²) in [4.78, 5) is 1.31. The van der Waals surface area contributed by atoms with Crippen LogP contribution in [0.2, 0.25) is 0 Å². The fraction of sp³-hybridized carbons (Fsp3) is 0.333. The van der Waals surface area contributed by atoms with Gasteiger partial charge in [-0.15, -0.1) is 11.3 Å². The van der Waals surface area contributed by atoms with E-state index >= 15 is 0 Å². The van der Waals surface area contributed by atoms with Crippen LogP contribution in [-0.2, 0) is 6.42 Å². The minimum Gasteiger partial charge on any atom is -0.497 e. The van der Waals surface area contributed by atoms with E-state index < -0.39 is 0 Å². The zero-order valence-electron chi connectivity index (χ0n) is 11.8. The van der Waals surface area contributed by atoms with Crippen molar-refractivity contribution in [1.82, 2.24) is 5.32 Å². The summed E-state index contributed by atoms with van der Waals surface area (Å²) < 4.78 is 11.9. The highest BCUT2D eigenvalue weighted by Gasteiger charge is 2.18. The van der Waals surface area contributed by atoms with E-state index in [-0.39, 0.29) is 6.04 Å². The Morgan fingerprint density at radius 2 is 2.05 bits per heavy atom. The highest BCUT2D eigenvalue weighted by Crippen LogP contribution is 2.34. The average molecular weight is 356 g/mol. The van der Waals surface area contributed by atoms with E-state index in [2.05, 4.69) is 32.7 Å². The third kappa shape index (κ3) is 3.34. The minimum atomic E-state index is 0.176. The molecule has 0 saturated heterocycles. The molecular weight excluding hydrogens is 338 g/mol. The number of rotatable bonds is 6. The summed E-state index contributed by atoms with van der Waals surface area (Å²) in [6.07, 6.45) is 0.901. The highest BCUT2D eigenvalue weighted by atomic mass is 79.9. The zero-order valence-corrected chi connectivity index (χ0v) is 14.2. The van der Waals surface area contributed by atoms with Crippen molar-refractivity contribution in [3.05, 3.63) is 44.6 Å². The normalized spacial score (nSPS) is 12.2. The van der Waals surface area contributed by atoms with Crippen LogP contribution in [0.5, 0.6) is 11.5 Å².